The summed E-state index contributed by atoms with van der Waals surface area (Å²) in [5.74, 6) is 0.0764. The lowest BCUT2D eigenvalue weighted by Gasteiger charge is -2.25. The van der Waals surface area contributed by atoms with E-state index >= 15 is 0 Å². The van der Waals surface area contributed by atoms with E-state index in [0.29, 0.717) is 19.6 Å². The molecule has 4 rings (SSSR count). The van der Waals surface area contributed by atoms with Gasteiger partial charge in [0.25, 0.3) is 5.56 Å². The van der Waals surface area contributed by atoms with Crippen LogP contribution < -0.4 is 5.56 Å². The van der Waals surface area contributed by atoms with Crippen LogP contribution in [0.15, 0.2) is 41.5 Å². The van der Waals surface area contributed by atoms with E-state index in [0.717, 1.165) is 32.6 Å². The minimum absolute atomic E-state index is 0.0117. The van der Waals surface area contributed by atoms with E-state index < -0.39 is 0 Å². The average Bonchev–Trinajstić information content (AvgIpc) is 2.96. The molecule has 1 aliphatic rings. The van der Waals surface area contributed by atoms with Crippen LogP contribution in [0.4, 0.5) is 0 Å². The highest BCUT2D eigenvalue weighted by atomic mass is 32.1. The molecule has 1 aliphatic heterocycles. The van der Waals surface area contributed by atoms with Gasteiger partial charge in [0, 0.05) is 18.3 Å². The van der Waals surface area contributed by atoms with Gasteiger partial charge in [-0.15, -0.1) is 11.3 Å². The van der Waals surface area contributed by atoms with Gasteiger partial charge in [-0.05, 0) is 17.5 Å². The van der Waals surface area contributed by atoms with E-state index in [2.05, 4.69) is 4.98 Å². The topological polar surface area (TPSA) is 55.2 Å². The maximum absolute atomic E-state index is 12.9. The number of rotatable bonds is 2. The van der Waals surface area contributed by atoms with Gasteiger partial charge in [-0.3, -0.25) is 14.2 Å². The number of hydrogen-bond donors (Lipinski definition) is 0. The van der Waals surface area contributed by atoms with E-state index in [9.17, 15) is 9.59 Å². The van der Waals surface area contributed by atoms with Crippen LogP contribution >= 0.6 is 11.3 Å². The molecule has 0 saturated carbocycles. The first kappa shape index (κ1) is 15.1. The molecule has 24 heavy (non-hydrogen) atoms. The van der Waals surface area contributed by atoms with Crippen LogP contribution in [0.5, 0.6) is 0 Å². The summed E-state index contributed by atoms with van der Waals surface area (Å²) in [4.78, 5) is 32.7. The first-order valence-electron chi connectivity index (χ1n) is 7.92. The van der Waals surface area contributed by atoms with Gasteiger partial charge >= 0.3 is 0 Å². The molecule has 5 nitrogen and oxygen atoms in total. The molecule has 3 aromatic rings. The van der Waals surface area contributed by atoms with Crippen molar-refractivity contribution in [3.05, 3.63) is 63.0 Å². The lowest BCUT2D eigenvalue weighted by molar-refractivity contribution is -0.129. The molecular formula is C18H17N3O2S. The summed E-state index contributed by atoms with van der Waals surface area (Å²) in [6.45, 7) is 3.36. The Kier molecular flexibility index (Phi) is 3.69. The molecule has 0 fully saturated rings. The first-order chi connectivity index (χ1) is 11.6. The van der Waals surface area contributed by atoms with Crippen molar-refractivity contribution < 1.29 is 4.79 Å². The number of thiophene rings is 1. The highest BCUT2D eigenvalue weighted by molar-refractivity contribution is 7.18. The molecule has 0 N–H and O–H groups in total. The Morgan fingerprint density at radius 1 is 1.29 bits per heavy atom. The Balaban J connectivity index is 1.77. The zero-order chi connectivity index (χ0) is 16.7. The van der Waals surface area contributed by atoms with Gasteiger partial charge in [-0.25, -0.2) is 4.98 Å². The minimum Gasteiger partial charge on any atom is -0.337 e. The van der Waals surface area contributed by atoms with Crippen LogP contribution in [0.1, 0.15) is 22.9 Å². The molecule has 3 heterocycles. The largest absolute Gasteiger partial charge is 0.337 e. The summed E-state index contributed by atoms with van der Waals surface area (Å²) >= 11 is 1.53. The minimum atomic E-state index is 0.0117. The first-order valence-corrected chi connectivity index (χ1v) is 8.74. The van der Waals surface area contributed by atoms with Crippen molar-refractivity contribution in [1.29, 1.82) is 0 Å². The monoisotopic (exact) mass is 339 g/mol. The molecule has 1 aromatic carbocycles. The van der Waals surface area contributed by atoms with Crippen LogP contribution in [0, 0.1) is 0 Å². The van der Waals surface area contributed by atoms with Gasteiger partial charge in [-0.2, -0.15) is 0 Å². The van der Waals surface area contributed by atoms with E-state index in [1.54, 1.807) is 17.8 Å². The molecule has 0 unspecified atom stereocenters. The van der Waals surface area contributed by atoms with Crippen LogP contribution in [0.2, 0.25) is 0 Å². The zero-order valence-electron chi connectivity index (χ0n) is 13.4. The molecule has 0 bridgehead atoms. The van der Waals surface area contributed by atoms with Crippen molar-refractivity contribution in [3.8, 4) is 0 Å². The van der Waals surface area contributed by atoms with Crippen molar-refractivity contribution in [2.45, 2.75) is 26.4 Å². The van der Waals surface area contributed by atoms with Crippen molar-refractivity contribution in [1.82, 2.24) is 14.5 Å². The standard InChI is InChI=1S/C18H17N3O2S/c1-12(22)20-8-7-14-15(10-20)24-17-16(14)18(23)21(11-19-17)9-13-5-3-2-4-6-13/h2-6,11H,7-10H2,1H3. The molecule has 2 aromatic heterocycles. The number of benzene rings is 1. The quantitative estimate of drug-likeness (QED) is 0.720. The molecule has 0 spiro atoms. The predicted octanol–water partition coefficient (Wildman–Crippen LogP) is 2.41. The summed E-state index contributed by atoms with van der Waals surface area (Å²) in [6.07, 6.45) is 2.35. The summed E-state index contributed by atoms with van der Waals surface area (Å²) < 4.78 is 1.67. The summed E-state index contributed by atoms with van der Waals surface area (Å²) in [7, 11) is 0. The lowest BCUT2D eigenvalue weighted by atomic mass is 10.1. The fraction of sp³-hybridized carbons (Fsp3) is 0.278. The third-order valence-corrected chi connectivity index (χ3v) is 5.59. The number of carbonyl (C=O) groups is 1. The highest BCUT2D eigenvalue weighted by Gasteiger charge is 2.24. The molecule has 122 valence electrons. The van der Waals surface area contributed by atoms with Gasteiger partial charge < -0.3 is 4.90 Å². The van der Waals surface area contributed by atoms with Crippen LogP contribution in [-0.2, 0) is 24.3 Å². The average molecular weight is 339 g/mol. The summed E-state index contributed by atoms with van der Waals surface area (Å²) in [5.41, 5.74) is 2.16. The number of nitrogens with zero attached hydrogens (tertiary/aromatic N) is 3. The van der Waals surface area contributed by atoms with E-state index in [4.69, 9.17) is 0 Å². The zero-order valence-corrected chi connectivity index (χ0v) is 14.2. The molecule has 6 heteroatoms. The molecule has 0 atom stereocenters. The fourth-order valence-electron chi connectivity index (χ4n) is 3.18. The SMILES string of the molecule is CC(=O)N1CCc2c(sc3ncn(Cc4ccccc4)c(=O)c23)C1. The second kappa shape index (κ2) is 5.87. The van der Waals surface area contributed by atoms with Gasteiger partial charge in [-0.1, -0.05) is 30.3 Å². The van der Waals surface area contributed by atoms with Gasteiger partial charge in [0.15, 0.2) is 0 Å². The second-order valence-corrected chi connectivity index (χ2v) is 7.12. The van der Waals surface area contributed by atoms with E-state index in [-0.39, 0.29) is 11.5 Å². The van der Waals surface area contributed by atoms with E-state index in [1.807, 2.05) is 35.2 Å². The van der Waals surface area contributed by atoms with Crippen molar-refractivity contribution in [2.24, 2.45) is 0 Å². The Hall–Kier alpha value is -2.47. The van der Waals surface area contributed by atoms with E-state index in [1.165, 1.54) is 11.3 Å². The molecule has 0 radical (unpaired) electrons. The number of aromatic nitrogens is 2. The Morgan fingerprint density at radius 3 is 2.83 bits per heavy atom. The smallest absolute Gasteiger partial charge is 0.262 e. The van der Waals surface area contributed by atoms with Crippen molar-refractivity contribution >= 4 is 27.5 Å². The van der Waals surface area contributed by atoms with Crippen molar-refractivity contribution in [3.63, 3.8) is 0 Å². The Morgan fingerprint density at radius 2 is 2.08 bits per heavy atom. The highest BCUT2D eigenvalue weighted by Crippen LogP contribution is 2.32. The number of fused-ring (bicyclic) bond motifs is 3. The van der Waals surface area contributed by atoms with Gasteiger partial charge in [0.1, 0.15) is 4.83 Å². The fourth-order valence-corrected chi connectivity index (χ4v) is 4.37. The van der Waals surface area contributed by atoms with Gasteiger partial charge in [0.2, 0.25) is 5.91 Å². The molecule has 0 saturated heterocycles. The van der Waals surface area contributed by atoms with Gasteiger partial charge in [0.05, 0.1) is 24.8 Å². The summed E-state index contributed by atoms with van der Waals surface area (Å²) in [5, 5.41) is 0.733. The predicted molar refractivity (Wildman–Crippen MR) is 94.2 cm³/mol. The molecular weight excluding hydrogens is 322 g/mol. The van der Waals surface area contributed by atoms with Crippen molar-refractivity contribution in [2.75, 3.05) is 6.54 Å². The summed E-state index contributed by atoms with van der Waals surface area (Å²) in [6, 6.07) is 9.91. The molecule has 0 aliphatic carbocycles. The van der Waals surface area contributed by atoms with Crippen LogP contribution in [0.25, 0.3) is 10.2 Å². The normalized spacial score (nSPS) is 14.0. The maximum atomic E-state index is 12.9. The second-order valence-electron chi connectivity index (χ2n) is 6.04. The van der Waals surface area contributed by atoms with Crippen LogP contribution in [-0.4, -0.2) is 26.9 Å². The number of amides is 1. The number of carbonyl (C=O) groups excluding carboxylic acids is 1. The maximum Gasteiger partial charge on any atom is 0.262 e. The Bertz CT molecular complexity index is 975. The third kappa shape index (κ3) is 2.53. The Labute approximate surface area is 143 Å². The number of hydrogen-bond acceptors (Lipinski definition) is 4. The third-order valence-electron chi connectivity index (χ3n) is 4.47. The lowest BCUT2D eigenvalue weighted by Crippen LogP contribution is -2.33. The van der Waals surface area contributed by atoms with Crippen LogP contribution in [0.3, 0.4) is 0 Å². The molecule has 1 amide bonds.